The Morgan fingerprint density at radius 2 is 1.69 bits per heavy atom. The van der Waals surface area contributed by atoms with Gasteiger partial charge in [-0.15, -0.1) is 0 Å². The molecule has 0 saturated carbocycles. The summed E-state index contributed by atoms with van der Waals surface area (Å²) in [7, 11) is 1.55. The molecule has 36 heavy (non-hydrogen) atoms. The number of likely N-dealkylation sites (N-methyl/N-ethyl adjacent to an activating group) is 1. The van der Waals surface area contributed by atoms with E-state index in [9.17, 15) is 27.9 Å². The van der Waals surface area contributed by atoms with E-state index in [0.717, 1.165) is 12.1 Å². The Morgan fingerprint density at radius 3 is 2.22 bits per heavy atom. The van der Waals surface area contributed by atoms with Crippen molar-refractivity contribution >= 4 is 17.6 Å². The second-order valence-corrected chi connectivity index (χ2v) is 8.56. The van der Waals surface area contributed by atoms with E-state index in [2.05, 4.69) is 4.98 Å². The largest absolute Gasteiger partial charge is 0.484 e. The molecule has 0 unspecified atom stereocenters. The van der Waals surface area contributed by atoms with Gasteiger partial charge in [0.2, 0.25) is 0 Å². The highest BCUT2D eigenvalue weighted by Crippen LogP contribution is 2.31. The number of hydrogen-bond donors (Lipinski definition) is 1. The number of carboxylic acid groups (broad SMARTS) is 1. The number of aliphatic carboxylic acids is 1. The molecule has 2 aromatic carbocycles. The summed E-state index contributed by atoms with van der Waals surface area (Å²) in [6.45, 7) is 4.35. The summed E-state index contributed by atoms with van der Waals surface area (Å²) in [6, 6.07) is 12.7. The standard InChI is InChI=1S/C26H25F3N2O5/c1-16-13-20(10-12-22(16)36-25(2,3)24(33)34)35-15-23(32)31(4)19-9-11-21(30-14-19)17-5-7-18(8-6-17)26(27,28)29/h5-14H,15H2,1-4H3,(H,33,34). The Labute approximate surface area is 206 Å². The van der Waals surface area contributed by atoms with Crippen molar-refractivity contribution in [2.45, 2.75) is 32.5 Å². The number of carboxylic acids is 1. The van der Waals surface area contributed by atoms with E-state index in [1.54, 1.807) is 44.3 Å². The summed E-state index contributed by atoms with van der Waals surface area (Å²) in [5.41, 5.74) is -0.0349. The Morgan fingerprint density at radius 1 is 1.03 bits per heavy atom. The van der Waals surface area contributed by atoms with Crippen LogP contribution in [-0.4, -0.2) is 41.2 Å². The van der Waals surface area contributed by atoms with Gasteiger partial charge in [0.25, 0.3) is 5.91 Å². The fourth-order valence-electron chi connectivity index (χ4n) is 3.12. The number of pyridine rings is 1. The summed E-state index contributed by atoms with van der Waals surface area (Å²) in [4.78, 5) is 29.5. The average Bonchev–Trinajstić information content (AvgIpc) is 2.83. The number of alkyl halides is 3. The number of benzene rings is 2. The van der Waals surface area contributed by atoms with E-state index in [0.29, 0.717) is 34.0 Å². The molecule has 0 aliphatic rings. The number of anilines is 1. The van der Waals surface area contributed by atoms with Gasteiger partial charge in [0.1, 0.15) is 11.5 Å². The maximum Gasteiger partial charge on any atom is 0.416 e. The van der Waals surface area contributed by atoms with Gasteiger partial charge >= 0.3 is 12.1 Å². The van der Waals surface area contributed by atoms with Crippen LogP contribution in [0.5, 0.6) is 11.5 Å². The molecule has 1 N–H and O–H groups in total. The second kappa shape index (κ2) is 10.3. The van der Waals surface area contributed by atoms with Crippen molar-refractivity contribution in [3.8, 4) is 22.8 Å². The zero-order valence-electron chi connectivity index (χ0n) is 20.1. The average molecular weight is 502 g/mol. The van der Waals surface area contributed by atoms with Gasteiger partial charge in [-0.1, -0.05) is 12.1 Å². The summed E-state index contributed by atoms with van der Waals surface area (Å²) >= 11 is 0. The molecule has 0 fully saturated rings. The molecule has 0 aliphatic carbocycles. The molecule has 190 valence electrons. The van der Waals surface area contributed by atoms with Crippen LogP contribution < -0.4 is 14.4 Å². The van der Waals surface area contributed by atoms with Crippen LogP contribution in [0.25, 0.3) is 11.3 Å². The van der Waals surface area contributed by atoms with Crippen molar-refractivity contribution in [1.82, 2.24) is 4.98 Å². The number of aryl methyl sites for hydroxylation is 1. The Kier molecular flexibility index (Phi) is 7.57. The van der Waals surface area contributed by atoms with Crippen LogP contribution in [0.15, 0.2) is 60.8 Å². The highest BCUT2D eigenvalue weighted by atomic mass is 19.4. The van der Waals surface area contributed by atoms with Crippen LogP contribution in [0.1, 0.15) is 25.0 Å². The molecule has 0 radical (unpaired) electrons. The first-order valence-corrected chi connectivity index (χ1v) is 10.8. The van der Waals surface area contributed by atoms with Crippen LogP contribution >= 0.6 is 0 Å². The van der Waals surface area contributed by atoms with Gasteiger partial charge in [-0.3, -0.25) is 9.78 Å². The van der Waals surface area contributed by atoms with E-state index in [4.69, 9.17) is 9.47 Å². The molecule has 3 aromatic rings. The number of aromatic nitrogens is 1. The van der Waals surface area contributed by atoms with Crippen molar-refractivity contribution < 1.29 is 37.3 Å². The molecule has 3 rings (SSSR count). The number of hydrogen-bond acceptors (Lipinski definition) is 5. The Bertz CT molecular complexity index is 1240. The predicted octanol–water partition coefficient (Wildman–Crippen LogP) is 5.36. The lowest BCUT2D eigenvalue weighted by atomic mass is 10.1. The van der Waals surface area contributed by atoms with Crippen LogP contribution in [0.4, 0.5) is 18.9 Å². The van der Waals surface area contributed by atoms with E-state index in [1.807, 2.05) is 0 Å². The molecule has 0 saturated heterocycles. The van der Waals surface area contributed by atoms with E-state index >= 15 is 0 Å². The second-order valence-electron chi connectivity index (χ2n) is 8.56. The maximum absolute atomic E-state index is 12.7. The quantitative estimate of drug-likeness (QED) is 0.446. The zero-order valence-corrected chi connectivity index (χ0v) is 20.1. The summed E-state index contributed by atoms with van der Waals surface area (Å²) in [5.74, 6) is -0.662. The smallest absolute Gasteiger partial charge is 0.416 e. The lowest BCUT2D eigenvalue weighted by Gasteiger charge is -2.23. The SMILES string of the molecule is Cc1cc(OCC(=O)N(C)c2ccc(-c3ccc(C(F)(F)F)cc3)nc2)ccc1OC(C)(C)C(=O)O. The molecule has 10 heteroatoms. The third-order valence-corrected chi connectivity index (χ3v) is 5.41. The first-order chi connectivity index (χ1) is 16.8. The summed E-state index contributed by atoms with van der Waals surface area (Å²) in [6.07, 6.45) is -2.96. The van der Waals surface area contributed by atoms with Gasteiger partial charge in [0, 0.05) is 12.6 Å². The summed E-state index contributed by atoms with van der Waals surface area (Å²) < 4.78 is 49.4. The molecule has 1 heterocycles. The molecule has 7 nitrogen and oxygen atoms in total. The number of carbonyl (C=O) groups is 2. The van der Waals surface area contributed by atoms with Gasteiger partial charge in [-0.2, -0.15) is 13.2 Å². The highest BCUT2D eigenvalue weighted by molar-refractivity contribution is 5.93. The van der Waals surface area contributed by atoms with Crippen LogP contribution in [0.3, 0.4) is 0 Å². The molecule has 1 aromatic heterocycles. The lowest BCUT2D eigenvalue weighted by Crippen LogP contribution is -2.38. The lowest BCUT2D eigenvalue weighted by molar-refractivity contribution is -0.152. The highest BCUT2D eigenvalue weighted by Gasteiger charge is 2.30. The van der Waals surface area contributed by atoms with Gasteiger partial charge in [-0.05, 0) is 68.8 Å². The molecule has 0 bridgehead atoms. The van der Waals surface area contributed by atoms with Crippen LogP contribution in [0.2, 0.25) is 0 Å². The maximum atomic E-state index is 12.7. The molecule has 0 spiro atoms. The minimum Gasteiger partial charge on any atom is -0.484 e. The van der Waals surface area contributed by atoms with E-state index < -0.39 is 23.3 Å². The van der Waals surface area contributed by atoms with Crippen molar-refractivity contribution in [3.63, 3.8) is 0 Å². The Balaban J connectivity index is 1.61. The normalized spacial score (nSPS) is 11.6. The van der Waals surface area contributed by atoms with E-state index in [-0.39, 0.29) is 12.5 Å². The third kappa shape index (κ3) is 6.32. The first kappa shape index (κ1) is 26.5. The predicted molar refractivity (Wildman–Crippen MR) is 127 cm³/mol. The number of amides is 1. The number of ether oxygens (including phenoxy) is 2. The first-order valence-electron chi connectivity index (χ1n) is 10.8. The topological polar surface area (TPSA) is 89.0 Å². The molecule has 1 amide bonds. The van der Waals surface area contributed by atoms with Gasteiger partial charge < -0.3 is 19.5 Å². The minimum atomic E-state index is -4.41. The zero-order chi connectivity index (χ0) is 26.7. The van der Waals surface area contributed by atoms with Gasteiger partial charge in [0.15, 0.2) is 12.2 Å². The van der Waals surface area contributed by atoms with Crippen LogP contribution in [0, 0.1) is 6.92 Å². The van der Waals surface area contributed by atoms with E-state index in [1.165, 1.54) is 37.1 Å². The van der Waals surface area contributed by atoms with Gasteiger partial charge in [-0.25, -0.2) is 4.79 Å². The molecule has 0 aliphatic heterocycles. The van der Waals surface area contributed by atoms with Crippen molar-refractivity contribution in [1.29, 1.82) is 0 Å². The monoisotopic (exact) mass is 502 g/mol. The fourth-order valence-corrected chi connectivity index (χ4v) is 3.12. The fraction of sp³-hybridized carbons (Fsp3) is 0.269. The molecule has 0 atom stereocenters. The number of nitrogens with zero attached hydrogens (tertiary/aromatic N) is 2. The van der Waals surface area contributed by atoms with Crippen molar-refractivity contribution in [3.05, 3.63) is 71.9 Å². The number of carbonyl (C=O) groups excluding carboxylic acids is 1. The minimum absolute atomic E-state index is 0.266. The molecular formula is C26H25F3N2O5. The Hall–Kier alpha value is -4.08. The van der Waals surface area contributed by atoms with Crippen molar-refractivity contribution in [2.24, 2.45) is 0 Å². The number of halogens is 3. The summed E-state index contributed by atoms with van der Waals surface area (Å²) in [5, 5.41) is 9.22. The van der Waals surface area contributed by atoms with Crippen molar-refractivity contribution in [2.75, 3.05) is 18.6 Å². The number of rotatable bonds is 8. The molecular weight excluding hydrogens is 477 g/mol. The van der Waals surface area contributed by atoms with Crippen LogP contribution in [-0.2, 0) is 15.8 Å². The third-order valence-electron chi connectivity index (χ3n) is 5.41. The van der Waals surface area contributed by atoms with Gasteiger partial charge in [0.05, 0.1) is 23.1 Å².